The van der Waals surface area contributed by atoms with Gasteiger partial charge in [-0.15, -0.1) is 0 Å². The summed E-state index contributed by atoms with van der Waals surface area (Å²) >= 11 is 0. The lowest BCUT2D eigenvalue weighted by Gasteiger charge is -2.21. The van der Waals surface area contributed by atoms with Crippen molar-refractivity contribution in [2.24, 2.45) is 5.92 Å². The van der Waals surface area contributed by atoms with Crippen LogP contribution in [0.1, 0.15) is 36.9 Å². The van der Waals surface area contributed by atoms with Gasteiger partial charge in [-0.1, -0.05) is 13.0 Å². The highest BCUT2D eigenvalue weighted by Gasteiger charge is 2.21. The molecule has 2 nitrogen and oxygen atoms in total. The number of benzene rings is 1. The first-order valence-electron chi connectivity index (χ1n) is 6.77. The van der Waals surface area contributed by atoms with Gasteiger partial charge in [0.25, 0.3) is 0 Å². The van der Waals surface area contributed by atoms with E-state index in [2.05, 4.69) is 18.3 Å². The Labute approximate surface area is 109 Å². The maximum absolute atomic E-state index is 13.5. The Kier molecular flexibility index (Phi) is 4.72. The Morgan fingerprint density at radius 1 is 1.44 bits per heavy atom. The summed E-state index contributed by atoms with van der Waals surface area (Å²) in [5.74, 6) is 0.452. The standard InChI is InChI=1S/C15H22FNO/c1-3-17-15(8-12-4-5-18-10-12)13-6-11(2)7-14(16)9-13/h6-7,9,12,15,17H,3-5,8,10H2,1-2H3. The van der Waals surface area contributed by atoms with Crippen LogP contribution in [0.25, 0.3) is 0 Å². The Bertz CT molecular complexity index is 368. The van der Waals surface area contributed by atoms with Crippen molar-refractivity contribution in [3.63, 3.8) is 0 Å². The summed E-state index contributed by atoms with van der Waals surface area (Å²) in [5.41, 5.74) is 2.04. The third kappa shape index (κ3) is 3.53. The van der Waals surface area contributed by atoms with Crippen molar-refractivity contribution in [1.82, 2.24) is 5.32 Å². The monoisotopic (exact) mass is 251 g/mol. The van der Waals surface area contributed by atoms with Crippen molar-refractivity contribution in [2.75, 3.05) is 19.8 Å². The molecule has 2 unspecified atom stereocenters. The average molecular weight is 251 g/mol. The number of rotatable bonds is 5. The second kappa shape index (κ2) is 6.30. The molecule has 1 aliphatic rings. The first-order chi connectivity index (χ1) is 8.69. The summed E-state index contributed by atoms with van der Waals surface area (Å²) in [6.45, 7) is 6.63. The number of aryl methyl sites for hydroxylation is 1. The van der Waals surface area contributed by atoms with Gasteiger partial charge in [0.1, 0.15) is 5.82 Å². The highest BCUT2D eigenvalue weighted by atomic mass is 19.1. The molecule has 2 atom stereocenters. The molecule has 3 heteroatoms. The van der Waals surface area contributed by atoms with Gasteiger partial charge in [0.2, 0.25) is 0 Å². The molecule has 0 amide bonds. The van der Waals surface area contributed by atoms with Gasteiger partial charge < -0.3 is 10.1 Å². The molecule has 1 aromatic carbocycles. The lowest BCUT2D eigenvalue weighted by molar-refractivity contribution is 0.181. The topological polar surface area (TPSA) is 21.3 Å². The van der Waals surface area contributed by atoms with E-state index >= 15 is 0 Å². The van der Waals surface area contributed by atoms with Gasteiger partial charge in [0.15, 0.2) is 0 Å². The minimum atomic E-state index is -0.143. The lowest BCUT2D eigenvalue weighted by Crippen LogP contribution is -2.24. The van der Waals surface area contributed by atoms with Crippen LogP contribution >= 0.6 is 0 Å². The second-order valence-electron chi connectivity index (χ2n) is 5.14. The first-order valence-corrected chi connectivity index (χ1v) is 6.77. The fraction of sp³-hybridized carbons (Fsp3) is 0.600. The van der Waals surface area contributed by atoms with Gasteiger partial charge in [-0.25, -0.2) is 4.39 Å². The molecular weight excluding hydrogens is 229 g/mol. The van der Waals surface area contributed by atoms with E-state index < -0.39 is 0 Å². The highest BCUT2D eigenvalue weighted by molar-refractivity contribution is 5.26. The average Bonchev–Trinajstić information content (AvgIpc) is 2.80. The van der Waals surface area contributed by atoms with Crippen molar-refractivity contribution in [3.8, 4) is 0 Å². The van der Waals surface area contributed by atoms with Gasteiger partial charge >= 0.3 is 0 Å². The molecule has 18 heavy (non-hydrogen) atoms. The first kappa shape index (κ1) is 13.5. The Morgan fingerprint density at radius 2 is 2.28 bits per heavy atom. The Morgan fingerprint density at radius 3 is 2.89 bits per heavy atom. The molecule has 1 aliphatic heterocycles. The highest BCUT2D eigenvalue weighted by Crippen LogP contribution is 2.27. The summed E-state index contributed by atoms with van der Waals surface area (Å²) in [6, 6.07) is 5.53. The molecule has 100 valence electrons. The molecule has 1 heterocycles. The van der Waals surface area contributed by atoms with Crippen LogP contribution in [0.2, 0.25) is 0 Å². The van der Waals surface area contributed by atoms with E-state index in [0.717, 1.165) is 43.7 Å². The molecule has 2 rings (SSSR count). The van der Waals surface area contributed by atoms with Crippen molar-refractivity contribution in [3.05, 3.63) is 35.1 Å². The molecule has 0 radical (unpaired) electrons. The van der Waals surface area contributed by atoms with E-state index in [1.165, 1.54) is 0 Å². The number of nitrogens with one attached hydrogen (secondary N) is 1. The molecular formula is C15H22FNO. The minimum absolute atomic E-state index is 0.143. The summed E-state index contributed by atoms with van der Waals surface area (Å²) in [5, 5.41) is 3.46. The van der Waals surface area contributed by atoms with Crippen molar-refractivity contribution >= 4 is 0 Å². The normalized spacial score (nSPS) is 21.2. The third-order valence-corrected chi connectivity index (χ3v) is 3.51. The maximum Gasteiger partial charge on any atom is 0.123 e. The van der Waals surface area contributed by atoms with Crippen LogP contribution in [-0.2, 0) is 4.74 Å². The molecule has 1 aromatic rings. The van der Waals surface area contributed by atoms with Crippen molar-refractivity contribution in [1.29, 1.82) is 0 Å². The van der Waals surface area contributed by atoms with Crippen LogP contribution in [0.3, 0.4) is 0 Å². The van der Waals surface area contributed by atoms with E-state index in [9.17, 15) is 4.39 Å². The van der Waals surface area contributed by atoms with Crippen LogP contribution in [0.4, 0.5) is 4.39 Å². The predicted molar refractivity (Wildman–Crippen MR) is 71.1 cm³/mol. The van der Waals surface area contributed by atoms with E-state index in [1.807, 2.05) is 6.92 Å². The van der Waals surface area contributed by atoms with E-state index in [0.29, 0.717) is 5.92 Å². The molecule has 0 aromatic heterocycles. The van der Waals surface area contributed by atoms with Crippen LogP contribution < -0.4 is 5.32 Å². The Balaban J connectivity index is 2.11. The quantitative estimate of drug-likeness (QED) is 0.867. The van der Waals surface area contributed by atoms with Gasteiger partial charge in [-0.3, -0.25) is 0 Å². The molecule has 1 fully saturated rings. The maximum atomic E-state index is 13.5. The van der Waals surface area contributed by atoms with Crippen molar-refractivity contribution in [2.45, 2.75) is 32.7 Å². The van der Waals surface area contributed by atoms with Crippen LogP contribution in [-0.4, -0.2) is 19.8 Å². The van der Waals surface area contributed by atoms with E-state index in [1.54, 1.807) is 12.1 Å². The fourth-order valence-electron chi connectivity index (χ4n) is 2.65. The van der Waals surface area contributed by atoms with Gasteiger partial charge in [0.05, 0.1) is 0 Å². The third-order valence-electron chi connectivity index (χ3n) is 3.51. The summed E-state index contributed by atoms with van der Waals surface area (Å²) in [4.78, 5) is 0. The van der Waals surface area contributed by atoms with Crippen LogP contribution in [0.5, 0.6) is 0 Å². The number of hydrogen-bond acceptors (Lipinski definition) is 2. The fourth-order valence-corrected chi connectivity index (χ4v) is 2.65. The zero-order chi connectivity index (χ0) is 13.0. The van der Waals surface area contributed by atoms with Crippen LogP contribution in [0.15, 0.2) is 18.2 Å². The molecule has 1 N–H and O–H groups in total. The van der Waals surface area contributed by atoms with Crippen LogP contribution in [0, 0.1) is 18.7 Å². The van der Waals surface area contributed by atoms with Crippen molar-refractivity contribution < 1.29 is 9.13 Å². The molecule has 0 spiro atoms. The second-order valence-corrected chi connectivity index (χ2v) is 5.14. The molecule has 0 saturated carbocycles. The number of hydrogen-bond donors (Lipinski definition) is 1. The molecule has 1 saturated heterocycles. The SMILES string of the molecule is CCNC(CC1CCOC1)c1cc(C)cc(F)c1. The molecule has 0 bridgehead atoms. The zero-order valence-corrected chi connectivity index (χ0v) is 11.2. The summed E-state index contributed by atoms with van der Waals surface area (Å²) in [7, 11) is 0. The van der Waals surface area contributed by atoms with Gasteiger partial charge in [-0.2, -0.15) is 0 Å². The lowest BCUT2D eigenvalue weighted by atomic mass is 9.93. The largest absolute Gasteiger partial charge is 0.381 e. The van der Waals surface area contributed by atoms with Gasteiger partial charge in [0, 0.05) is 19.3 Å². The van der Waals surface area contributed by atoms with Gasteiger partial charge in [-0.05, 0) is 55.5 Å². The predicted octanol–water partition coefficient (Wildman–Crippen LogP) is 3.21. The summed E-state index contributed by atoms with van der Waals surface area (Å²) in [6.07, 6.45) is 2.15. The minimum Gasteiger partial charge on any atom is -0.381 e. The summed E-state index contributed by atoms with van der Waals surface area (Å²) < 4.78 is 18.9. The molecule has 0 aliphatic carbocycles. The number of halogens is 1. The van der Waals surface area contributed by atoms with E-state index in [-0.39, 0.29) is 11.9 Å². The number of ether oxygens (including phenoxy) is 1. The van der Waals surface area contributed by atoms with E-state index in [4.69, 9.17) is 4.74 Å². The Hall–Kier alpha value is -0.930. The smallest absolute Gasteiger partial charge is 0.123 e. The zero-order valence-electron chi connectivity index (χ0n) is 11.2.